The summed E-state index contributed by atoms with van der Waals surface area (Å²) in [7, 11) is 0. The largest absolute Gasteiger partial charge is 0.480 e. The number of hydrogen-bond acceptors (Lipinski definition) is 3. The normalized spacial score (nSPS) is 15.2. The van der Waals surface area contributed by atoms with Crippen LogP contribution in [0.4, 0.5) is 0 Å². The molecule has 0 bridgehead atoms. The van der Waals surface area contributed by atoms with Crippen molar-refractivity contribution < 1.29 is 19.6 Å². The zero-order chi connectivity index (χ0) is 23.4. The molecule has 0 radical (unpaired) electrons. The fourth-order valence-corrected chi connectivity index (χ4v) is 5.85. The first-order valence-electron chi connectivity index (χ1n) is 12.3. The van der Waals surface area contributed by atoms with E-state index in [9.17, 15) is 4.79 Å². The number of carbonyl (C=O) groups excluding carboxylic acids is 1. The van der Waals surface area contributed by atoms with Gasteiger partial charge in [-0.3, -0.25) is 9.89 Å². The third kappa shape index (κ3) is 4.76. The lowest BCUT2D eigenvalue weighted by atomic mass is 9.97. The zero-order valence-corrected chi connectivity index (χ0v) is 20.5. The van der Waals surface area contributed by atoms with Crippen molar-refractivity contribution >= 4 is 22.9 Å². The Morgan fingerprint density at radius 2 is 2.15 bits per heavy atom. The number of quaternary nitrogens is 1. The van der Waals surface area contributed by atoms with Crippen LogP contribution in [0.1, 0.15) is 61.5 Å². The van der Waals surface area contributed by atoms with E-state index in [1.165, 1.54) is 56.3 Å². The molecule has 1 saturated carbocycles. The molecule has 0 aromatic carbocycles. The molecule has 1 amide bonds. The second-order valence-electron chi connectivity index (χ2n) is 9.42. The van der Waals surface area contributed by atoms with Gasteiger partial charge in [0.1, 0.15) is 11.1 Å². The number of nitrogens with zero attached hydrogens (tertiary/aromatic N) is 2. The van der Waals surface area contributed by atoms with Crippen molar-refractivity contribution in [2.75, 3.05) is 13.1 Å². The highest BCUT2D eigenvalue weighted by molar-refractivity contribution is 7.12. The number of unbranched alkanes of at least 4 members (excludes halogenated alkanes) is 2. The number of H-pyrrole nitrogens is 3. The highest BCUT2D eigenvalue weighted by atomic mass is 32.1. The van der Waals surface area contributed by atoms with Crippen LogP contribution in [0.15, 0.2) is 42.4 Å². The summed E-state index contributed by atoms with van der Waals surface area (Å²) in [6.07, 6.45) is 18.3. The first-order chi connectivity index (χ1) is 16.7. The molecule has 8 nitrogen and oxygen atoms in total. The van der Waals surface area contributed by atoms with E-state index in [0.717, 1.165) is 45.9 Å². The Morgan fingerprint density at radius 1 is 1.26 bits per heavy atom. The molecular weight excluding hydrogens is 446 g/mol. The van der Waals surface area contributed by atoms with E-state index < -0.39 is 0 Å². The molecule has 0 atom stereocenters. The minimum Gasteiger partial charge on any atom is -0.345 e. The molecule has 0 saturated heterocycles. The van der Waals surface area contributed by atoms with E-state index in [2.05, 4.69) is 43.2 Å². The summed E-state index contributed by atoms with van der Waals surface area (Å²) in [5.74, 6) is 0.0307. The van der Waals surface area contributed by atoms with Crippen molar-refractivity contribution in [3.05, 3.63) is 47.3 Å². The van der Waals surface area contributed by atoms with Crippen molar-refractivity contribution in [1.82, 2.24) is 20.6 Å². The van der Waals surface area contributed by atoms with Gasteiger partial charge in [-0.25, -0.2) is 0 Å². The van der Waals surface area contributed by atoms with Gasteiger partial charge < -0.3 is 10.6 Å². The molecule has 9 heteroatoms. The SMILES string of the molecule is CCCCC[NH2+]C1(CNC(=O)c2cc(-c3c[nH][n+]4cc(-c5cn[nH]c5)c[nH+]c34)cs2)CCCC1. The van der Waals surface area contributed by atoms with Gasteiger partial charge in [0.15, 0.2) is 11.8 Å². The van der Waals surface area contributed by atoms with Crippen LogP contribution in [-0.4, -0.2) is 39.8 Å². The molecule has 6 N–H and O–H groups in total. The highest BCUT2D eigenvalue weighted by Crippen LogP contribution is 2.28. The molecule has 0 unspecified atom stereocenters. The number of hydrogen-bond donors (Lipinski definition) is 4. The molecule has 4 aromatic rings. The molecule has 34 heavy (non-hydrogen) atoms. The number of rotatable bonds is 10. The van der Waals surface area contributed by atoms with Crippen molar-refractivity contribution in [3.63, 3.8) is 0 Å². The van der Waals surface area contributed by atoms with Crippen LogP contribution in [0.3, 0.4) is 0 Å². The third-order valence-corrected chi connectivity index (χ3v) is 7.96. The number of aromatic nitrogens is 5. The summed E-state index contributed by atoms with van der Waals surface area (Å²) in [5, 5.41) is 18.0. The summed E-state index contributed by atoms with van der Waals surface area (Å²) >= 11 is 1.50. The second kappa shape index (κ2) is 10.1. The van der Waals surface area contributed by atoms with Gasteiger partial charge in [0.2, 0.25) is 6.20 Å². The van der Waals surface area contributed by atoms with Gasteiger partial charge in [0, 0.05) is 30.2 Å². The van der Waals surface area contributed by atoms with E-state index in [4.69, 9.17) is 0 Å². The molecule has 4 heterocycles. The molecule has 5 rings (SSSR count). The van der Waals surface area contributed by atoms with E-state index in [1.807, 2.05) is 35.4 Å². The first kappa shape index (κ1) is 22.7. The fourth-order valence-electron chi connectivity index (χ4n) is 5.03. The van der Waals surface area contributed by atoms with Crippen LogP contribution in [-0.2, 0) is 0 Å². The Kier molecular flexibility index (Phi) is 6.73. The van der Waals surface area contributed by atoms with E-state index >= 15 is 0 Å². The minimum absolute atomic E-state index is 0.0307. The Hall–Kier alpha value is -3.04. The number of amides is 1. The topological polar surface area (TPSA) is 108 Å². The van der Waals surface area contributed by atoms with Crippen LogP contribution in [0, 0.1) is 0 Å². The van der Waals surface area contributed by atoms with E-state index in [1.54, 1.807) is 6.20 Å². The quantitative estimate of drug-likeness (QED) is 0.207. The Labute approximate surface area is 203 Å². The predicted octanol–water partition coefficient (Wildman–Crippen LogP) is 2.48. The van der Waals surface area contributed by atoms with Crippen molar-refractivity contribution in [1.29, 1.82) is 0 Å². The molecule has 178 valence electrons. The standard InChI is InChI=1S/C25H31N7OS/c1-2-3-6-9-28-25(7-4-5-8-25)17-27-24(33)22-10-18(16-34-22)21-14-31-32-15-20(11-26-23(21)32)19-12-29-30-13-19/h10-16,28H,2-9,17H2,1H3,(H2,27,29,30,33)/p+3. The number of thiophene rings is 1. The lowest BCUT2D eigenvalue weighted by Crippen LogP contribution is -2.98. The monoisotopic (exact) mass is 480 g/mol. The lowest BCUT2D eigenvalue weighted by Gasteiger charge is -2.27. The van der Waals surface area contributed by atoms with Gasteiger partial charge in [-0.15, -0.1) is 11.3 Å². The maximum absolute atomic E-state index is 13.0. The first-order valence-corrected chi connectivity index (χ1v) is 13.2. The van der Waals surface area contributed by atoms with Crippen LogP contribution in [0.25, 0.3) is 27.9 Å². The van der Waals surface area contributed by atoms with Crippen LogP contribution in [0.2, 0.25) is 0 Å². The van der Waals surface area contributed by atoms with Gasteiger partial charge in [-0.1, -0.05) is 13.3 Å². The molecular formula is C25H34N7OS+3. The molecule has 1 aliphatic carbocycles. The predicted molar refractivity (Wildman–Crippen MR) is 131 cm³/mol. The number of nitrogens with two attached hydrogens (primary N) is 1. The van der Waals surface area contributed by atoms with Gasteiger partial charge >= 0.3 is 5.65 Å². The van der Waals surface area contributed by atoms with E-state index in [-0.39, 0.29) is 11.4 Å². The zero-order valence-electron chi connectivity index (χ0n) is 19.7. The fraction of sp³-hybridized carbons (Fsp3) is 0.440. The maximum atomic E-state index is 13.0. The smallest absolute Gasteiger partial charge is 0.345 e. The van der Waals surface area contributed by atoms with E-state index in [0.29, 0.717) is 0 Å². The third-order valence-electron chi connectivity index (χ3n) is 7.03. The number of aromatic amines is 3. The molecule has 0 aliphatic heterocycles. The Morgan fingerprint density at radius 3 is 2.94 bits per heavy atom. The summed E-state index contributed by atoms with van der Waals surface area (Å²) < 4.78 is 1.95. The van der Waals surface area contributed by atoms with Crippen molar-refractivity contribution in [2.45, 2.75) is 57.4 Å². The minimum atomic E-state index is 0.0307. The number of nitrogens with one attached hydrogen (secondary N) is 4. The molecule has 1 fully saturated rings. The average molecular weight is 481 g/mol. The van der Waals surface area contributed by atoms with Gasteiger partial charge in [-0.2, -0.15) is 15.2 Å². The van der Waals surface area contributed by atoms with Crippen LogP contribution >= 0.6 is 11.3 Å². The van der Waals surface area contributed by atoms with Crippen molar-refractivity contribution in [2.24, 2.45) is 0 Å². The summed E-state index contributed by atoms with van der Waals surface area (Å²) in [5.41, 5.74) is 5.23. The van der Waals surface area contributed by atoms with Gasteiger partial charge in [-0.05, 0) is 41.6 Å². The van der Waals surface area contributed by atoms with Crippen LogP contribution in [0.5, 0.6) is 0 Å². The van der Waals surface area contributed by atoms with Gasteiger partial charge in [0.25, 0.3) is 5.91 Å². The molecule has 1 aliphatic rings. The van der Waals surface area contributed by atoms with Crippen molar-refractivity contribution in [3.8, 4) is 22.3 Å². The number of carbonyl (C=O) groups is 1. The summed E-state index contributed by atoms with van der Waals surface area (Å²) in [6, 6.07) is 1.99. The highest BCUT2D eigenvalue weighted by Gasteiger charge is 2.37. The van der Waals surface area contributed by atoms with Crippen LogP contribution < -0.4 is 20.1 Å². The summed E-state index contributed by atoms with van der Waals surface area (Å²) in [6.45, 7) is 4.15. The number of fused-ring (bicyclic) bond motifs is 1. The van der Waals surface area contributed by atoms with Gasteiger partial charge in [0.05, 0.1) is 30.4 Å². The Balaban J connectivity index is 1.26. The molecule has 4 aromatic heterocycles. The Bertz CT molecular complexity index is 1240. The average Bonchev–Trinajstić information content (AvgIpc) is 3.67. The molecule has 0 spiro atoms. The lowest BCUT2D eigenvalue weighted by molar-refractivity contribution is -0.724. The summed E-state index contributed by atoms with van der Waals surface area (Å²) in [4.78, 5) is 17.1. The second-order valence-corrected chi connectivity index (χ2v) is 10.3. The maximum Gasteiger partial charge on any atom is 0.480 e.